The van der Waals surface area contributed by atoms with Gasteiger partial charge in [0, 0.05) is 30.8 Å². The monoisotopic (exact) mass is 368 g/mol. The molecule has 3 heterocycles. The number of nitrogens with one attached hydrogen (secondary N) is 2. The predicted octanol–water partition coefficient (Wildman–Crippen LogP) is 2.90. The molecule has 0 saturated carbocycles. The van der Waals surface area contributed by atoms with Gasteiger partial charge in [0.15, 0.2) is 0 Å². The Labute approximate surface area is 158 Å². The van der Waals surface area contributed by atoms with Crippen LogP contribution in [0.25, 0.3) is 0 Å². The number of hydrogen-bond donors (Lipinski definition) is 2. The number of aromatic nitrogens is 2. The van der Waals surface area contributed by atoms with Crippen molar-refractivity contribution in [1.82, 2.24) is 9.55 Å². The third-order valence-corrected chi connectivity index (χ3v) is 5.27. The van der Waals surface area contributed by atoms with E-state index in [0.717, 1.165) is 55.9 Å². The molecule has 2 aliphatic rings. The summed E-state index contributed by atoms with van der Waals surface area (Å²) in [5.41, 5.74) is 1.91. The van der Waals surface area contributed by atoms with Crippen molar-refractivity contribution in [1.29, 1.82) is 0 Å². The predicted molar refractivity (Wildman–Crippen MR) is 102 cm³/mol. The minimum Gasteiger partial charge on any atom is -0.368 e. The van der Waals surface area contributed by atoms with Gasteiger partial charge in [-0.25, -0.2) is 4.98 Å². The molecule has 2 N–H and O–H groups in total. The fraction of sp³-hybridized carbons (Fsp3) is 0.450. The van der Waals surface area contributed by atoms with Crippen molar-refractivity contribution in [2.24, 2.45) is 0 Å². The summed E-state index contributed by atoms with van der Waals surface area (Å²) in [6.07, 6.45) is 6.12. The average Bonchev–Trinajstić information content (AvgIpc) is 3.34. The molecule has 0 aliphatic carbocycles. The minimum absolute atomic E-state index is 0.155. The lowest BCUT2D eigenvalue weighted by Gasteiger charge is -2.17. The van der Waals surface area contributed by atoms with Gasteiger partial charge >= 0.3 is 0 Å². The Balaban J connectivity index is 1.50. The fourth-order valence-electron chi connectivity index (χ4n) is 3.71. The van der Waals surface area contributed by atoms with Crippen molar-refractivity contribution in [3.8, 4) is 0 Å². The lowest BCUT2D eigenvalue weighted by molar-refractivity contribution is -0.124. The van der Waals surface area contributed by atoms with Gasteiger partial charge in [0.05, 0.1) is 6.20 Å². The van der Waals surface area contributed by atoms with Crippen LogP contribution in [0.3, 0.4) is 0 Å². The molecule has 1 atom stereocenters. The van der Waals surface area contributed by atoms with Crippen LogP contribution in [-0.4, -0.2) is 34.1 Å². The summed E-state index contributed by atoms with van der Waals surface area (Å²) in [7, 11) is 0. The van der Waals surface area contributed by atoms with Gasteiger partial charge < -0.3 is 19.9 Å². The van der Waals surface area contributed by atoms with Gasteiger partial charge in [-0.1, -0.05) is 6.07 Å². The van der Waals surface area contributed by atoms with Gasteiger partial charge in [-0.3, -0.25) is 9.59 Å². The van der Waals surface area contributed by atoms with E-state index in [4.69, 9.17) is 4.74 Å². The highest BCUT2D eigenvalue weighted by atomic mass is 16.5. The van der Waals surface area contributed by atoms with Crippen molar-refractivity contribution in [2.75, 3.05) is 17.2 Å². The van der Waals surface area contributed by atoms with Crippen LogP contribution in [0.1, 0.15) is 47.4 Å². The molecule has 4 rings (SSSR count). The summed E-state index contributed by atoms with van der Waals surface area (Å²) in [6, 6.07) is 5.35. The second-order valence-electron chi connectivity index (χ2n) is 7.09. The molecule has 7 nitrogen and oxygen atoms in total. The summed E-state index contributed by atoms with van der Waals surface area (Å²) in [5, 5.41) is 5.86. The molecule has 1 aromatic carbocycles. The molecule has 2 aliphatic heterocycles. The largest absolute Gasteiger partial charge is 0.368 e. The van der Waals surface area contributed by atoms with E-state index in [-0.39, 0.29) is 11.8 Å². The average molecular weight is 368 g/mol. The molecule has 1 aromatic heterocycles. The molecule has 2 amide bonds. The normalized spacial score (nSPS) is 18.8. The number of imidazole rings is 1. The molecule has 27 heavy (non-hydrogen) atoms. The molecular formula is C20H24N4O3. The van der Waals surface area contributed by atoms with Crippen LogP contribution in [0, 0.1) is 6.92 Å². The summed E-state index contributed by atoms with van der Waals surface area (Å²) in [6.45, 7) is 3.34. The summed E-state index contributed by atoms with van der Waals surface area (Å²) in [5.74, 6) is 1.39. The standard InChI is InChI=1S/C20H24N4O3/c1-13-14(6-4-7-15(13)22-20(26)16-8-5-11-27-16)19(25)23-18-12-21-17-9-2-3-10-24(17)18/h4,6-7,12,16H,2-3,5,8-11H2,1H3,(H,22,26)(H,23,25)/t16-/m0/s1. The third-order valence-electron chi connectivity index (χ3n) is 5.27. The van der Waals surface area contributed by atoms with Crippen LogP contribution in [0.5, 0.6) is 0 Å². The van der Waals surface area contributed by atoms with E-state index in [9.17, 15) is 9.59 Å². The van der Waals surface area contributed by atoms with Crippen LogP contribution < -0.4 is 10.6 Å². The Morgan fingerprint density at radius 2 is 2.11 bits per heavy atom. The van der Waals surface area contributed by atoms with Gasteiger partial charge in [0.2, 0.25) is 0 Å². The second kappa shape index (κ2) is 7.52. The Kier molecular flexibility index (Phi) is 4.94. The van der Waals surface area contributed by atoms with Crippen molar-refractivity contribution in [2.45, 2.75) is 51.7 Å². The maximum atomic E-state index is 12.8. The summed E-state index contributed by atoms with van der Waals surface area (Å²) < 4.78 is 7.50. The maximum Gasteiger partial charge on any atom is 0.257 e. The van der Waals surface area contributed by atoms with Gasteiger partial charge in [-0.2, -0.15) is 0 Å². The Bertz CT molecular complexity index is 868. The zero-order valence-corrected chi connectivity index (χ0v) is 15.5. The molecule has 0 radical (unpaired) electrons. The SMILES string of the molecule is Cc1c(NC(=O)[C@@H]2CCCO2)cccc1C(=O)Nc1cnc2n1CCCC2. The van der Waals surface area contributed by atoms with Crippen LogP contribution in [0.2, 0.25) is 0 Å². The first-order valence-electron chi connectivity index (χ1n) is 9.51. The molecule has 1 fully saturated rings. The van der Waals surface area contributed by atoms with Gasteiger partial charge in [0.1, 0.15) is 17.7 Å². The molecule has 0 spiro atoms. The first-order chi connectivity index (χ1) is 13.1. The highest BCUT2D eigenvalue weighted by molar-refractivity contribution is 6.06. The number of anilines is 2. The highest BCUT2D eigenvalue weighted by Crippen LogP contribution is 2.24. The number of aryl methyl sites for hydroxylation is 1. The maximum absolute atomic E-state index is 12.8. The number of hydrogen-bond acceptors (Lipinski definition) is 4. The first kappa shape index (κ1) is 17.7. The third kappa shape index (κ3) is 3.60. The zero-order valence-electron chi connectivity index (χ0n) is 15.5. The smallest absolute Gasteiger partial charge is 0.257 e. The number of carbonyl (C=O) groups excluding carboxylic acids is 2. The Hall–Kier alpha value is -2.67. The number of fused-ring (bicyclic) bond motifs is 1. The van der Waals surface area contributed by atoms with Gasteiger partial charge in [-0.15, -0.1) is 0 Å². The number of ether oxygens (including phenoxy) is 1. The zero-order chi connectivity index (χ0) is 18.8. The van der Waals surface area contributed by atoms with Crippen molar-refractivity contribution < 1.29 is 14.3 Å². The molecule has 2 aromatic rings. The molecule has 0 bridgehead atoms. The number of amides is 2. The quantitative estimate of drug-likeness (QED) is 0.869. The lowest BCUT2D eigenvalue weighted by Crippen LogP contribution is -2.27. The topological polar surface area (TPSA) is 85.2 Å². The number of carbonyl (C=O) groups is 2. The van der Waals surface area contributed by atoms with Crippen LogP contribution in [-0.2, 0) is 22.5 Å². The Morgan fingerprint density at radius 3 is 2.93 bits per heavy atom. The van der Waals surface area contributed by atoms with E-state index in [1.54, 1.807) is 24.4 Å². The molecule has 0 unspecified atom stereocenters. The molecule has 7 heteroatoms. The van der Waals surface area contributed by atoms with E-state index in [1.807, 2.05) is 6.92 Å². The number of nitrogens with zero attached hydrogens (tertiary/aromatic N) is 2. The number of benzene rings is 1. The summed E-state index contributed by atoms with van der Waals surface area (Å²) in [4.78, 5) is 29.5. The van der Waals surface area contributed by atoms with Gasteiger partial charge in [-0.05, 0) is 50.3 Å². The Morgan fingerprint density at radius 1 is 1.22 bits per heavy atom. The second-order valence-corrected chi connectivity index (χ2v) is 7.09. The highest BCUT2D eigenvalue weighted by Gasteiger charge is 2.24. The van der Waals surface area contributed by atoms with E-state index in [0.29, 0.717) is 17.9 Å². The first-order valence-corrected chi connectivity index (χ1v) is 9.51. The molecule has 1 saturated heterocycles. The lowest BCUT2D eigenvalue weighted by atomic mass is 10.1. The van der Waals surface area contributed by atoms with E-state index in [2.05, 4.69) is 20.2 Å². The van der Waals surface area contributed by atoms with Crippen molar-refractivity contribution >= 4 is 23.3 Å². The minimum atomic E-state index is -0.403. The van der Waals surface area contributed by atoms with E-state index < -0.39 is 6.10 Å². The number of rotatable bonds is 4. The van der Waals surface area contributed by atoms with E-state index >= 15 is 0 Å². The van der Waals surface area contributed by atoms with E-state index in [1.165, 1.54) is 0 Å². The van der Waals surface area contributed by atoms with Crippen molar-refractivity contribution in [3.05, 3.63) is 41.3 Å². The van der Waals surface area contributed by atoms with Crippen LogP contribution in [0.4, 0.5) is 11.5 Å². The summed E-state index contributed by atoms with van der Waals surface area (Å²) >= 11 is 0. The van der Waals surface area contributed by atoms with Crippen LogP contribution in [0.15, 0.2) is 24.4 Å². The molecular weight excluding hydrogens is 344 g/mol. The van der Waals surface area contributed by atoms with Gasteiger partial charge in [0.25, 0.3) is 11.8 Å². The molecule has 142 valence electrons. The van der Waals surface area contributed by atoms with Crippen molar-refractivity contribution in [3.63, 3.8) is 0 Å². The fourth-order valence-corrected chi connectivity index (χ4v) is 3.71. The van der Waals surface area contributed by atoms with Crippen LogP contribution >= 0.6 is 0 Å².